The van der Waals surface area contributed by atoms with Crippen LogP contribution >= 0.6 is 12.4 Å². The summed E-state index contributed by atoms with van der Waals surface area (Å²) in [5.74, 6) is 1.40. The monoisotopic (exact) mass is 410 g/mol. The molecule has 2 aromatic carbocycles. The van der Waals surface area contributed by atoms with Gasteiger partial charge in [0.25, 0.3) is 0 Å². The van der Waals surface area contributed by atoms with Gasteiger partial charge in [-0.3, -0.25) is 4.90 Å². The van der Waals surface area contributed by atoms with Crippen LogP contribution in [0.5, 0.6) is 11.5 Å². The Hall–Kier alpha value is -1.86. The Bertz CT molecular complexity index is 741. The van der Waals surface area contributed by atoms with Gasteiger partial charge < -0.3 is 19.5 Å². The van der Waals surface area contributed by atoms with Crippen molar-refractivity contribution in [1.82, 2.24) is 10.2 Å². The number of methoxy groups -OCH3 is 2. The number of nitrogens with one attached hydrogen (secondary N) is 1. The lowest BCUT2D eigenvalue weighted by Gasteiger charge is -2.35. The molecular formula is C21H28ClFN2O3. The summed E-state index contributed by atoms with van der Waals surface area (Å²) in [6.07, 6.45) is 0. The molecule has 28 heavy (non-hydrogen) atoms. The van der Waals surface area contributed by atoms with Crippen LogP contribution in [0.1, 0.15) is 17.2 Å². The van der Waals surface area contributed by atoms with Gasteiger partial charge in [0.05, 0.1) is 27.4 Å². The first-order valence-corrected chi connectivity index (χ1v) is 9.20. The van der Waals surface area contributed by atoms with E-state index in [-0.39, 0.29) is 24.3 Å². The lowest BCUT2D eigenvalue weighted by atomic mass is 10.0. The summed E-state index contributed by atoms with van der Waals surface area (Å²) < 4.78 is 30.0. The SMILES string of the molecule is COc1ccc(OC)c(CNCC(c2cccc(F)c2)N2CCOCC2)c1.Cl. The molecule has 0 aromatic heterocycles. The Morgan fingerprint density at radius 1 is 1.11 bits per heavy atom. The maximum atomic E-state index is 13.8. The fourth-order valence-electron chi connectivity index (χ4n) is 3.42. The number of benzene rings is 2. The summed E-state index contributed by atoms with van der Waals surface area (Å²) in [4.78, 5) is 2.34. The van der Waals surface area contributed by atoms with Gasteiger partial charge in [-0.2, -0.15) is 0 Å². The third-order valence-corrected chi connectivity index (χ3v) is 4.86. The molecule has 1 saturated heterocycles. The molecule has 1 fully saturated rings. The Balaban J connectivity index is 0.00000280. The summed E-state index contributed by atoms with van der Waals surface area (Å²) in [6.45, 7) is 4.42. The smallest absolute Gasteiger partial charge is 0.123 e. The molecule has 1 N–H and O–H groups in total. The van der Waals surface area contributed by atoms with E-state index in [9.17, 15) is 4.39 Å². The number of hydrogen-bond acceptors (Lipinski definition) is 5. The molecule has 0 radical (unpaired) electrons. The third-order valence-electron chi connectivity index (χ3n) is 4.86. The molecule has 0 spiro atoms. The van der Waals surface area contributed by atoms with E-state index in [0.717, 1.165) is 35.7 Å². The van der Waals surface area contributed by atoms with Gasteiger partial charge in [0.2, 0.25) is 0 Å². The van der Waals surface area contributed by atoms with Crippen molar-refractivity contribution in [3.63, 3.8) is 0 Å². The molecule has 2 aromatic rings. The molecule has 3 rings (SSSR count). The Morgan fingerprint density at radius 3 is 2.57 bits per heavy atom. The minimum absolute atomic E-state index is 0. The molecule has 1 heterocycles. The van der Waals surface area contributed by atoms with Crippen molar-refractivity contribution in [1.29, 1.82) is 0 Å². The molecule has 5 nitrogen and oxygen atoms in total. The highest BCUT2D eigenvalue weighted by atomic mass is 35.5. The summed E-state index contributed by atoms with van der Waals surface area (Å²) in [5.41, 5.74) is 2.00. The summed E-state index contributed by atoms with van der Waals surface area (Å²) in [7, 11) is 3.31. The first kappa shape index (κ1) is 22.4. The summed E-state index contributed by atoms with van der Waals surface area (Å²) in [6, 6.07) is 12.7. The second kappa shape index (κ2) is 11.2. The topological polar surface area (TPSA) is 43.0 Å². The third kappa shape index (κ3) is 5.82. The van der Waals surface area contributed by atoms with E-state index >= 15 is 0 Å². The second-order valence-electron chi connectivity index (χ2n) is 6.53. The Morgan fingerprint density at radius 2 is 1.89 bits per heavy atom. The molecule has 7 heteroatoms. The van der Waals surface area contributed by atoms with Crippen LogP contribution in [0.25, 0.3) is 0 Å². The Kier molecular flexibility index (Phi) is 8.99. The molecule has 0 aliphatic carbocycles. The van der Waals surface area contributed by atoms with Gasteiger partial charge in [-0.05, 0) is 35.9 Å². The standard InChI is InChI=1S/C21H27FN2O3.ClH/c1-25-19-6-7-21(26-2)17(13-19)14-23-15-20(24-8-10-27-11-9-24)16-4-3-5-18(22)12-16;/h3-7,12-13,20,23H,8-11,14-15H2,1-2H3;1H. The zero-order chi connectivity index (χ0) is 19.1. The molecule has 1 unspecified atom stereocenters. The van der Waals surface area contributed by atoms with Crippen molar-refractivity contribution in [3.8, 4) is 11.5 Å². The van der Waals surface area contributed by atoms with Crippen LogP contribution in [0.2, 0.25) is 0 Å². The molecule has 0 saturated carbocycles. The van der Waals surface area contributed by atoms with E-state index in [2.05, 4.69) is 10.2 Å². The fraction of sp³-hybridized carbons (Fsp3) is 0.429. The highest BCUT2D eigenvalue weighted by Gasteiger charge is 2.22. The normalized spacial score (nSPS) is 15.5. The number of ether oxygens (including phenoxy) is 3. The van der Waals surface area contributed by atoms with Gasteiger partial charge in [0, 0.05) is 37.8 Å². The van der Waals surface area contributed by atoms with E-state index in [1.807, 2.05) is 24.3 Å². The van der Waals surface area contributed by atoms with Gasteiger partial charge >= 0.3 is 0 Å². The molecule has 1 aliphatic heterocycles. The van der Waals surface area contributed by atoms with Crippen molar-refractivity contribution in [2.24, 2.45) is 0 Å². The van der Waals surface area contributed by atoms with Crippen LogP contribution in [-0.2, 0) is 11.3 Å². The van der Waals surface area contributed by atoms with Gasteiger partial charge in [0.1, 0.15) is 17.3 Å². The average molecular weight is 411 g/mol. The Labute approximate surface area is 172 Å². The summed E-state index contributed by atoms with van der Waals surface area (Å²) in [5, 5.41) is 3.50. The van der Waals surface area contributed by atoms with Crippen LogP contribution < -0.4 is 14.8 Å². The van der Waals surface area contributed by atoms with Gasteiger partial charge in [0.15, 0.2) is 0 Å². The lowest BCUT2D eigenvalue weighted by molar-refractivity contribution is 0.0160. The molecule has 1 aliphatic rings. The zero-order valence-electron chi connectivity index (χ0n) is 16.3. The van der Waals surface area contributed by atoms with Crippen LogP contribution in [0, 0.1) is 5.82 Å². The molecule has 1 atom stereocenters. The highest BCUT2D eigenvalue weighted by Crippen LogP contribution is 2.25. The van der Waals surface area contributed by atoms with Gasteiger partial charge in [-0.15, -0.1) is 12.4 Å². The number of halogens is 2. The number of rotatable bonds is 8. The zero-order valence-corrected chi connectivity index (χ0v) is 17.1. The molecule has 0 bridgehead atoms. The predicted molar refractivity (Wildman–Crippen MR) is 110 cm³/mol. The summed E-state index contributed by atoms with van der Waals surface area (Å²) >= 11 is 0. The van der Waals surface area contributed by atoms with E-state index < -0.39 is 0 Å². The second-order valence-corrected chi connectivity index (χ2v) is 6.53. The largest absolute Gasteiger partial charge is 0.497 e. The van der Waals surface area contributed by atoms with E-state index in [0.29, 0.717) is 26.3 Å². The van der Waals surface area contributed by atoms with Crippen molar-refractivity contribution >= 4 is 12.4 Å². The van der Waals surface area contributed by atoms with Crippen LogP contribution in [-0.4, -0.2) is 52.0 Å². The van der Waals surface area contributed by atoms with Crippen LogP contribution in [0.4, 0.5) is 4.39 Å². The minimum atomic E-state index is -0.208. The number of nitrogens with zero attached hydrogens (tertiary/aromatic N) is 1. The first-order valence-electron chi connectivity index (χ1n) is 9.20. The van der Waals surface area contributed by atoms with E-state index in [4.69, 9.17) is 14.2 Å². The van der Waals surface area contributed by atoms with E-state index in [1.54, 1.807) is 26.4 Å². The van der Waals surface area contributed by atoms with Crippen molar-refractivity contribution < 1.29 is 18.6 Å². The minimum Gasteiger partial charge on any atom is -0.497 e. The molecule has 154 valence electrons. The van der Waals surface area contributed by atoms with Crippen LogP contribution in [0.3, 0.4) is 0 Å². The van der Waals surface area contributed by atoms with Gasteiger partial charge in [-0.25, -0.2) is 4.39 Å². The maximum Gasteiger partial charge on any atom is 0.123 e. The van der Waals surface area contributed by atoms with Crippen molar-refractivity contribution in [2.75, 3.05) is 47.1 Å². The quantitative estimate of drug-likeness (QED) is 0.722. The highest BCUT2D eigenvalue weighted by molar-refractivity contribution is 5.85. The van der Waals surface area contributed by atoms with E-state index in [1.165, 1.54) is 6.07 Å². The van der Waals surface area contributed by atoms with Crippen LogP contribution in [0.15, 0.2) is 42.5 Å². The lowest BCUT2D eigenvalue weighted by Crippen LogP contribution is -2.42. The average Bonchev–Trinajstić information content (AvgIpc) is 2.71. The molecular weight excluding hydrogens is 383 g/mol. The fourth-order valence-corrected chi connectivity index (χ4v) is 3.42. The van der Waals surface area contributed by atoms with Crippen molar-refractivity contribution in [2.45, 2.75) is 12.6 Å². The number of hydrogen-bond donors (Lipinski definition) is 1. The predicted octanol–water partition coefficient (Wildman–Crippen LogP) is 3.43. The van der Waals surface area contributed by atoms with Gasteiger partial charge in [-0.1, -0.05) is 12.1 Å². The number of morpholine rings is 1. The molecule has 0 amide bonds. The maximum absolute atomic E-state index is 13.8. The van der Waals surface area contributed by atoms with Crippen molar-refractivity contribution in [3.05, 3.63) is 59.4 Å². The first-order chi connectivity index (χ1) is 13.2.